The molecule has 0 saturated carbocycles. The van der Waals surface area contributed by atoms with E-state index in [1.54, 1.807) is 0 Å². The Balaban J connectivity index is 2.16. The summed E-state index contributed by atoms with van der Waals surface area (Å²) >= 11 is 0. The second-order valence-corrected chi connectivity index (χ2v) is 4.70. The number of nitrogens with zero attached hydrogens (tertiary/aromatic N) is 1. The predicted octanol–water partition coefficient (Wildman–Crippen LogP) is 2.27. The van der Waals surface area contributed by atoms with E-state index in [2.05, 4.69) is 5.10 Å². The van der Waals surface area contributed by atoms with Gasteiger partial charge < -0.3 is 0 Å². The highest BCUT2D eigenvalue weighted by Gasteiger charge is 2.24. The molecule has 6 nitrogen and oxygen atoms in total. The van der Waals surface area contributed by atoms with Crippen molar-refractivity contribution in [2.24, 2.45) is 5.10 Å². The zero-order valence-corrected chi connectivity index (χ0v) is 12.5. The van der Waals surface area contributed by atoms with Gasteiger partial charge in [0.2, 0.25) is 5.82 Å². The summed E-state index contributed by atoms with van der Waals surface area (Å²) in [4.78, 5) is 22.9. The van der Waals surface area contributed by atoms with Crippen molar-refractivity contribution in [3.05, 3.63) is 70.0 Å². The Morgan fingerprint density at radius 1 is 0.808 bits per heavy atom. The minimum Gasteiger partial charge on any atom is -0.288 e. The Labute approximate surface area is 141 Å². The molecule has 0 aliphatic carbocycles. The van der Waals surface area contributed by atoms with Crippen molar-refractivity contribution in [3.63, 3.8) is 0 Å². The van der Waals surface area contributed by atoms with E-state index in [1.165, 1.54) is 29.7 Å². The molecule has 2 aromatic rings. The van der Waals surface area contributed by atoms with E-state index in [-0.39, 0.29) is 17.3 Å². The summed E-state index contributed by atoms with van der Waals surface area (Å²) in [5.74, 6) is -12.5. The van der Waals surface area contributed by atoms with Gasteiger partial charge in [-0.15, -0.1) is 0 Å². The normalized spacial score (nSPS) is 10.8. The van der Waals surface area contributed by atoms with Gasteiger partial charge in [-0.2, -0.15) is 5.10 Å². The molecule has 2 amide bonds. The zero-order chi connectivity index (χ0) is 19.4. The van der Waals surface area contributed by atoms with Gasteiger partial charge in [0.15, 0.2) is 23.3 Å². The number of hydroxylamine groups is 1. The lowest BCUT2D eigenvalue weighted by atomic mass is 10.1. The van der Waals surface area contributed by atoms with Crippen LogP contribution in [0.5, 0.6) is 0 Å². The largest absolute Gasteiger partial charge is 0.288 e. The van der Waals surface area contributed by atoms with E-state index in [9.17, 15) is 31.5 Å². The summed E-state index contributed by atoms with van der Waals surface area (Å²) in [6.45, 7) is 0. The van der Waals surface area contributed by atoms with Crippen LogP contribution >= 0.6 is 0 Å². The van der Waals surface area contributed by atoms with Crippen molar-refractivity contribution >= 4 is 18.0 Å². The molecule has 11 heteroatoms. The van der Waals surface area contributed by atoms with E-state index in [0.29, 0.717) is 0 Å². The molecule has 0 bridgehead atoms. The molecule has 0 heterocycles. The van der Waals surface area contributed by atoms with Crippen LogP contribution in [0.1, 0.15) is 26.3 Å². The number of hydrazone groups is 1. The molecule has 0 unspecified atom stereocenters. The summed E-state index contributed by atoms with van der Waals surface area (Å²) < 4.78 is 65.8. The minimum atomic E-state index is -2.31. The minimum absolute atomic E-state index is 0.0333. The molecule has 26 heavy (non-hydrogen) atoms. The Morgan fingerprint density at radius 2 is 1.23 bits per heavy atom. The van der Waals surface area contributed by atoms with Crippen molar-refractivity contribution in [1.29, 1.82) is 0 Å². The van der Waals surface area contributed by atoms with Crippen LogP contribution in [0.15, 0.2) is 29.4 Å². The average molecular weight is 373 g/mol. The molecule has 2 rings (SSSR count). The van der Waals surface area contributed by atoms with Crippen LogP contribution in [0.4, 0.5) is 22.0 Å². The van der Waals surface area contributed by atoms with Gasteiger partial charge in [0.25, 0.3) is 11.8 Å². The van der Waals surface area contributed by atoms with Crippen LogP contribution in [0.25, 0.3) is 0 Å². The lowest BCUT2D eigenvalue weighted by Crippen LogP contribution is -2.20. The molecule has 0 aliphatic rings. The Hall–Kier alpha value is -3.34. The van der Waals surface area contributed by atoms with E-state index >= 15 is 0 Å². The molecular formula is C15H8F5N3O3. The highest BCUT2D eigenvalue weighted by molar-refractivity contribution is 5.97. The number of hydrogen-bond donors (Lipinski definition) is 3. The van der Waals surface area contributed by atoms with Gasteiger partial charge >= 0.3 is 0 Å². The number of nitrogens with one attached hydrogen (secondary N) is 2. The first-order valence-electron chi connectivity index (χ1n) is 6.67. The first-order valence-corrected chi connectivity index (χ1v) is 6.67. The lowest BCUT2D eigenvalue weighted by Gasteiger charge is -2.04. The van der Waals surface area contributed by atoms with Gasteiger partial charge in [-0.05, 0) is 24.3 Å². The number of halogens is 5. The van der Waals surface area contributed by atoms with Crippen LogP contribution in [0, 0.1) is 29.1 Å². The molecule has 0 aliphatic heterocycles. The van der Waals surface area contributed by atoms with Gasteiger partial charge in [-0.1, -0.05) is 0 Å². The fraction of sp³-hybridized carbons (Fsp3) is 0. The summed E-state index contributed by atoms with van der Waals surface area (Å²) in [7, 11) is 0. The quantitative estimate of drug-likeness (QED) is 0.192. The SMILES string of the molecule is O=C(NO)c1ccc(C(=O)NN=Cc2c(F)c(F)c(F)c(F)c2F)cc1. The van der Waals surface area contributed by atoms with E-state index in [1.807, 2.05) is 5.43 Å². The maximum absolute atomic E-state index is 13.4. The number of amides is 2. The Kier molecular flexibility index (Phi) is 5.62. The average Bonchev–Trinajstić information content (AvgIpc) is 2.66. The third-order valence-electron chi connectivity index (χ3n) is 3.11. The third-order valence-corrected chi connectivity index (χ3v) is 3.11. The van der Waals surface area contributed by atoms with Crippen molar-refractivity contribution in [2.75, 3.05) is 0 Å². The molecule has 0 fully saturated rings. The lowest BCUT2D eigenvalue weighted by molar-refractivity contribution is 0.0706. The highest BCUT2D eigenvalue weighted by atomic mass is 19.2. The topological polar surface area (TPSA) is 90.8 Å². The van der Waals surface area contributed by atoms with Crippen LogP contribution in [-0.4, -0.2) is 23.2 Å². The van der Waals surface area contributed by atoms with Crippen molar-refractivity contribution in [2.45, 2.75) is 0 Å². The highest BCUT2D eigenvalue weighted by Crippen LogP contribution is 2.21. The van der Waals surface area contributed by atoms with Gasteiger partial charge in [-0.3, -0.25) is 14.8 Å². The molecule has 0 radical (unpaired) electrons. The smallest absolute Gasteiger partial charge is 0.274 e. The van der Waals surface area contributed by atoms with Gasteiger partial charge in [0, 0.05) is 11.1 Å². The molecule has 0 saturated heterocycles. The zero-order valence-electron chi connectivity index (χ0n) is 12.5. The molecule has 0 spiro atoms. The van der Waals surface area contributed by atoms with Crippen LogP contribution in [0.2, 0.25) is 0 Å². The van der Waals surface area contributed by atoms with E-state index < -0.39 is 46.5 Å². The molecule has 0 aromatic heterocycles. The maximum Gasteiger partial charge on any atom is 0.274 e. The summed E-state index contributed by atoms with van der Waals surface area (Å²) in [6.07, 6.45) is 0.266. The van der Waals surface area contributed by atoms with E-state index in [4.69, 9.17) is 5.21 Å². The predicted molar refractivity (Wildman–Crippen MR) is 77.0 cm³/mol. The summed E-state index contributed by atoms with van der Waals surface area (Å²) in [5.41, 5.74) is 1.89. The summed E-state index contributed by atoms with van der Waals surface area (Å²) in [6, 6.07) is 4.73. The molecule has 3 N–H and O–H groups in total. The van der Waals surface area contributed by atoms with Gasteiger partial charge in [0.05, 0.1) is 11.8 Å². The third kappa shape index (κ3) is 3.67. The van der Waals surface area contributed by atoms with Crippen molar-refractivity contribution in [3.8, 4) is 0 Å². The number of benzene rings is 2. The molecule has 2 aromatic carbocycles. The van der Waals surface area contributed by atoms with Gasteiger partial charge in [-0.25, -0.2) is 32.9 Å². The molecular weight excluding hydrogens is 365 g/mol. The second-order valence-electron chi connectivity index (χ2n) is 4.70. The first kappa shape index (κ1) is 19.0. The van der Waals surface area contributed by atoms with Gasteiger partial charge in [0.1, 0.15) is 0 Å². The Morgan fingerprint density at radius 3 is 1.69 bits per heavy atom. The Bertz CT molecular complexity index is 871. The van der Waals surface area contributed by atoms with Crippen LogP contribution in [0.3, 0.4) is 0 Å². The molecule has 136 valence electrons. The number of rotatable bonds is 4. The molecule has 0 atom stereocenters. The van der Waals surface area contributed by atoms with Crippen molar-refractivity contribution in [1.82, 2.24) is 10.9 Å². The fourth-order valence-corrected chi connectivity index (χ4v) is 1.79. The monoisotopic (exact) mass is 373 g/mol. The summed E-state index contributed by atoms with van der Waals surface area (Å²) in [5, 5.41) is 11.6. The number of hydrogen-bond acceptors (Lipinski definition) is 4. The number of carbonyl (C=O) groups excluding carboxylic acids is 2. The van der Waals surface area contributed by atoms with Crippen LogP contribution in [-0.2, 0) is 0 Å². The fourth-order valence-electron chi connectivity index (χ4n) is 1.79. The first-order chi connectivity index (χ1) is 12.3. The maximum atomic E-state index is 13.4. The van der Waals surface area contributed by atoms with Crippen molar-refractivity contribution < 1.29 is 36.7 Å². The van der Waals surface area contributed by atoms with E-state index in [0.717, 1.165) is 0 Å². The van der Waals surface area contributed by atoms with Crippen LogP contribution < -0.4 is 10.9 Å². The second kappa shape index (κ2) is 7.70. The number of carbonyl (C=O) groups is 2. The standard InChI is InChI=1S/C15H8F5N3O3/c16-9-8(10(17)12(19)13(20)11(9)18)5-21-22-14(24)6-1-3-7(4-2-6)15(25)23-26/h1-5,26H,(H,22,24)(H,23,25).